The SMILES string of the molecule is CCCCc1ccccc1C(=O)[O-].CCCCc1ccccc1C(=O)[O-].[Mg+2]. The van der Waals surface area contributed by atoms with E-state index in [2.05, 4.69) is 13.8 Å². The summed E-state index contributed by atoms with van der Waals surface area (Å²) in [5.41, 5.74) is 2.42. The molecule has 0 amide bonds. The molecule has 0 aliphatic carbocycles. The van der Waals surface area contributed by atoms with Crippen LogP contribution < -0.4 is 10.2 Å². The third-order valence-electron chi connectivity index (χ3n) is 4.07. The van der Waals surface area contributed by atoms with Crippen LogP contribution in [0.4, 0.5) is 0 Å². The Bertz CT molecular complexity index is 651. The van der Waals surface area contributed by atoms with Crippen molar-refractivity contribution < 1.29 is 19.8 Å². The molecule has 2 aromatic carbocycles. The van der Waals surface area contributed by atoms with E-state index < -0.39 is 11.9 Å². The predicted molar refractivity (Wildman–Crippen MR) is 105 cm³/mol. The molecular weight excluding hydrogens is 353 g/mol. The maximum atomic E-state index is 10.7. The van der Waals surface area contributed by atoms with Gasteiger partial charge in [0.1, 0.15) is 0 Å². The minimum absolute atomic E-state index is 0. The van der Waals surface area contributed by atoms with Gasteiger partial charge in [-0.05, 0) is 36.8 Å². The molecule has 0 aliphatic heterocycles. The number of carboxylic acid groups (broad SMARTS) is 2. The van der Waals surface area contributed by atoms with Gasteiger partial charge in [0.25, 0.3) is 0 Å². The molecule has 0 heterocycles. The number of hydrogen-bond donors (Lipinski definition) is 0. The fourth-order valence-corrected chi connectivity index (χ4v) is 2.61. The third-order valence-corrected chi connectivity index (χ3v) is 4.07. The molecule has 0 saturated heterocycles. The van der Waals surface area contributed by atoms with Crippen molar-refractivity contribution in [3.63, 3.8) is 0 Å². The third kappa shape index (κ3) is 9.06. The zero-order valence-electron chi connectivity index (χ0n) is 16.2. The van der Waals surface area contributed by atoms with Gasteiger partial charge in [0, 0.05) is 11.1 Å². The number of hydrogen-bond acceptors (Lipinski definition) is 4. The molecule has 0 unspecified atom stereocenters. The Labute approximate surface area is 177 Å². The fraction of sp³-hybridized carbons (Fsp3) is 0.364. The van der Waals surface area contributed by atoms with Crippen LogP contribution >= 0.6 is 0 Å². The summed E-state index contributed by atoms with van der Waals surface area (Å²) in [7, 11) is 0. The first-order chi connectivity index (χ1) is 12.5. The van der Waals surface area contributed by atoms with E-state index in [0.717, 1.165) is 49.7 Å². The Morgan fingerprint density at radius 1 is 0.704 bits per heavy atom. The second-order valence-electron chi connectivity index (χ2n) is 6.10. The Kier molecular flexibility index (Phi) is 13.3. The predicted octanol–water partition coefficient (Wildman–Crippen LogP) is 2.40. The van der Waals surface area contributed by atoms with Crippen LogP contribution in [-0.2, 0) is 12.8 Å². The number of carboxylic acids is 2. The summed E-state index contributed by atoms with van der Waals surface area (Å²) < 4.78 is 0. The smallest absolute Gasteiger partial charge is 0.545 e. The van der Waals surface area contributed by atoms with Crippen molar-refractivity contribution in [1.29, 1.82) is 0 Å². The van der Waals surface area contributed by atoms with Crippen LogP contribution in [0, 0.1) is 0 Å². The first-order valence-electron chi connectivity index (χ1n) is 9.09. The van der Waals surface area contributed by atoms with E-state index in [0.29, 0.717) is 11.1 Å². The second-order valence-corrected chi connectivity index (χ2v) is 6.10. The van der Waals surface area contributed by atoms with Gasteiger partial charge in [-0.1, -0.05) is 75.2 Å². The molecule has 0 fully saturated rings. The monoisotopic (exact) mass is 378 g/mol. The summed E-state index contributed by atoms with van der Waals surface area (Å²) >= 11 is 0. The van der Waals surface area contributed by atoms with E-state index in [1.54, 1.807) is 24.3 Å². The van der Waals surface area contributed by atoms with Gasteiger partial charge >= 0.3 is 23.1 Å². The Balaban J connectivity index is 0.000000483. The molecule has 0 radical (unpaired) electrons. The number of unbranched alkanes of at least 4 members (excludes halogenated alkanes) is 2. The second kappa shape index (κ2) is 14.2. The quantitative estimate of drug-likeness (QED) is 0.661. The van der Waals surface area contributed by atoms with Gasteiger partial charge in [-0.2, -0.15) is 0 Å². The van der Waals surface area contributed by atoms with Crippen molar-refractivity contribution >= 4 is 35.0 Å². The molecule has 0 saturated carbocycles. The molecule has 4 nitrogen and oxygen atoms in total. The van der Waals surface area contributed by atoms with E-state index >= 15 is 0 Å². The molecule has 0 aromatic heterocycles. The molecule has 5 heteroatoms. The van der Waals surface area contributed by atoms with Crippen molar-refractivity contribution in [3.8, 4) is 0 Å². The summed E-state index contributed by atoms with van der Waals surface area (Å²) in [5, 5.41) is 21.3. The zero-order chi connectivity index (χ0) is 19.4. The molecule has 0 aliphatic rings. The van der Waals surface area contributed by atoms with Gasteiger partial charge in [-0.25, -0.2) is 0 Å². The Morgan fingerprint density at radius 2 is 1.04 bits per heavy atom. The molecule has 0 spiro atoms. The van der Waals surface area contributed by atoms with Crippen LogP contribution in [0.5, 0.6) is 0 Å². The maximum Gasteiger partial charge on any atom is 2.00 e. The molecular formula is C22H26MgO4. The summed E-state index contributed by atoms with van der Waals surface area (Å²) in [6.07, 6.45) is 5.82. The molecule has 0 atom stereocenters. The van der Waals surface area contributed by atoms with E-state index in [1.165, 1.54) is 0 Å². The average Bonchev–Trinajstić information content (AvgIpc) is 2.65. The Morgan fingerprint density at radius 3 is 1.33 bits per heavy atom. The van der Waals surface area contributed by atoms with Crippen LogP contribution in [0.25, 0.3) is 0 Å². The topological polar surface area (TPSA) is 80.3 Å². The van der Waals surface area contributed by atoms with Crippen molar-refractivity contribution in [2.45, 2.75) is 52.4 Å². The van der Waals surface area contributed by atoms with Gasteiger partial charge in [0.05, 0.1) is 11.9 Å². The minimum atomic E-state index is -1.08. The molecule has 0 bridgehead atoms. The maximum absolute atomic E-state index is 10.7. The summed E-state index contributed by atoms with van der Waals surface area (Å²) in [6, 6.07) is 14.1. The van der Waals surface area contributed by atoms with E-state index in [9.17, 15) is 19.8 Å². The number of rotatable bonds is 8. The standard InChI is InChI=1S/2C11H14O2.Mg/c2*1-2-3-6-9-7-4-5-8-10(9)11(12)13;/h2*4-5,7-8H,2-3,6H2,1H3,(H,12,13);/q;;+2/p-2. The molecule has 0 N–H and O–H groups in total. The van der Waals surface area contributed by atoms with Crippen LogP contribution in [0.3, 0.4) is 0 Å². The zero-order valence-corrected chi connectivity index (χ0v) is 17.6. The first-order valence-corrected chi connectivity index (χ1v) is 9.09. The molecule has 2 rings (SSSR count). The summed E-state index contributed by atoms with van der Waals surface area (Å²) in [5.74, 6) is -2.15. The van der Waals surface area contributed by atoms with Crippen molar-refractivity contribution in [2.75, 3.05) is 0 Å². The summed E-state index contributed by atoms with van der Waals surface area (Å²) in [4.78, 5) is 21.3. The van der Waals surface area contributed by atoms with E-state index in [1.807, 2.05) is 24.3 Å². The molecule has 2 aromatic rings. The number of benzene rings is 2. The van der Waals surface area contributed by atoms with Gasteiger partial charge in [-0.15, -0.1) is 0 Å². The van der Waals surface area contributed by atoms with Gasteiger partial charge in [0.2, 0.25) is 0 Å². The summed E-state index contributed by atoms with van der Waals surface area (Å²) in [6.45, 7) is 4.17. The largest absolute Gasteiger partial charge is 2.00 e. The average molecular weight is 379 g/mol. The molecule has 27 heavy (non-hydrogen) atoms. The minimum Gasteiger partial charge on any atom is -0.545 e. The molecule has 140 valence electrons. The van der Waals surface area contributed by atoms with Crippen molar-refractivity contribution in [3.05, 3.63) is 70.8 Å². The van der Waals surface area contributed by atoms with Gasteiger partial charge in [0.15, 0.2) is 0 Å². The number of carbonyl (C=O) groups excluding carboxylic acids is 2. The van der Waals surface area contributed by atoms with Crippen molar-refractivity contribution in [1.82, 2.24) is 0 Å². The fourth-order valence-electron chi connectivity index (χ4n) is 2.61. The van der Waals surface area contributed by atoms with Crippen LogP contribution in [0.15, 0.2) is 48.5 Å². The van der Waals surface area contributed by atoms with E-state index in [-0.39, 0.29) is 23.1 Å². The van der Waals surface area contributed by atoms with Gasteiger partial charge < -0.3 is 19.8 Å². The number of aromatic carboxylic acids is 2. The first kappa shape index (κ1) is 25.1. The number of aryl methyl sites for hydroxylation is 2. The Hall–Kier alpha value is -1.85. The van der Waals surface area contributed by atoms with Crippen LogP contribution in [0.1, 0.15) is 71.4 Å². The normalized spacial score (nSPS) is 9.56. The van der Waals surface area contributed by atoms with Crippen molar-refractivity contribution in [2.24, 2.45) is 0 Å². The van der Waals surface area contributed by atoms with Gasteiger partial charge in [-0.3, -0.25) is 0 Å². The number of carbonyl (C=O) groups is 2. The van der Waals surface area contributed by atoms with E-state index in [4.69, 9.17) is 0 Å². The van der Waals surface area contributed by atoms with Crippen LogP contribution in [-0.4, -0.2) is 35.0 Å². The van der Waals surface area contributed by atoms with Crippen LogP contribution in [0.2, 0.25) is 0 Å².